The van der Waals surface area contributed by atoms with E-state index in [1.807, 2.05) is 0 Å². The Morgan fingerprint density at radius 2 is 1.23 bits per heavy atom. The van der Waals surface area contributed by atoms with Crippen molar-refractivity contribution in [1.29, 1.82) is 0 Å². The normalized spacial score (nSPS) is 9.82. The number of hydrogen-bond acceptors (Lipinski definition) is 2. The van der Waals surface area contributed by atoms with E-state index in [0.717, 1.165) is 37.1 Å². The minimum absolute atomic E-state index is 0. The molecule has 0 bridgehead atoms. The zero-order valence-corrected chi connectivity index (χ0v) is 23.8. The fraction of sp³-hybridized carbons (Fsp3) is 0.229. The van der Waals surface area contributed by atoms with Gasteiger partial charge in [0.15, 0.2) is 0 Å². The number of carboxylic acids is 1. The molecule has 0 saturated carbocycles. The first kappa shape index (κ1) is 32.2. The number of phenols is 1. The Labute approximate surface area is 244 Å². The first-order valence-electron chi connectivity index (χ1n) is 13.6. The maximum Gasteiger partial charge on any atom is 0.339 e. The van der Waals surface area contributed by atoms with Crippen LogP contribution >= 0.6 is 0 Å². The molecular weight excluding hydrogens is 518 g/mol. The molecule has 208 valence electrons. The summed E-state index contributed by atoms with van der Waals surface area (Å²) >= 11 is 0. The molecule has 4 N–H and O–H groups in total. The van der Waals surface area contributed by atoms with Gasteiger partial charge < -0.3 is 27.9 Å². The molecule has 0 heterocycles. The molecule has 0 saturated heterocycles. The third-order valence-corrected chi connectivity index (χ3v) is 6.31. The quantitative estimate of drug-likeness (QED) is 0.208. The number of quaternary nitrogens is 1. The van der Waals surface area contributed by atoms with Crippen LogP contribution in [0, 0.1) is 11.8 Å². The number of nitrogens with two attached hydrogens (primary N) is 1. The first-order chi connectivity index (χ1) is 19.0. The highest BCUT2D eigenvalue weighted by Crippen LogP contribution is 2.14. The molecule has 5 heteroatoms. The van der Waals surface area contributed by atoms with Crippen LogP contribution in [0.25, 0.3) is 0 Å². The maximum atomic E-state index is 10.3. The molecule has 4 nitrogen and oxygen atoms in total. The van der Waals surface area contributed by atoms with Gasteiger partial charge in [0, 0.05) is 23.1 Å². The van der Waals surface area contributed by atoms with E-state index in [-0.39, 0.29) is 23.7 Å². The summed E-state index contributed by atoms with van der Waals surface area (Å²) in [5.41, 5.74) is 6.29. The van der Waals surface area contributed by atoms with E-state index >= 15 is 0 Å². The number of halogens is 1. The summed E-state index contributed by atoms with van der Waals surface area (Å²) in [6.45, 7) is 4.42. The van der Waals surface area contributed by atoms with E-state index in [2.05, 4.69) is 103 Å². The number of para-hydroxylation sites is 1. The lowest BCUT2D eigenvalue weighted by Crippen LogP contribution is -3.00. The molecule has 0 atom stereocenters. The van der Waals surface area contributed by atoms with Crippen LogP contribution in [0.1, 0.15) is 64.4 Å². The lowest BCUT2D eigenvalue weighted by atomic mass is 10.1. The van der Waals surface area contributed by atoms with Gasteiger partial charge in [0.05, 0.1) is 6.54 Å². The summed E-state index contributed by atoms with van der Waals surface area (Å²) in [4.78, 5) is 10.3. The van der Waals surface area contributed by atoms with E-state index in [1.165, 1.54) is 48.1 Å². The first-order valence-corrected chi connectivity index (χ1v) is 13.6. The van der Waals surface area contributed by atoms with Crippen LogP contribution in [0.3, 0.4) is 0 Å². The van der Waals surface area contributed by atoms with Gasteiger partial charge in [0.1, 0.15) is 17.9 Å². The third kappa shape index (κ3) is 11.8. The second-order valence-electron chi connectivity index (χ2n) is 9.44. The Morgan fingerprint density at radius 1 is 0.700 bits per heavy atom. The molecule has 0 unspecified atom stereocenters. The standard InChI is InChI=1S/C28H31N.C7H6O3.ClH/c1-2-3-8-25-12-14-26(15-13-25)16-17-27-18-20-28(21-19-27)23-29-22-7-11-24-9-5-4-6-10-24;8-6-4-2-1-3-5(6)7(9)10;/h4-6,9-10,12-15,18-21,29H,2-3,7-8,11,22-23H2,1H3;1-4,8H,(H,9,10);1H. The SMILES string of the molecule is CCCCc1ccc(C#Cc2ccc(C[NH2+]CCCc3ccccc3)cc2)cc1.O=C(O)c1ccccc1O.[Cl-]. The van der Waals surface area contributed by atoms with Crippen LogP contribution < -0.4 is 17.7 Å². The van der Waals surface area contributed by atoms with Gasteiger partial charge in [-0.2, -0.15) is 0 Å². The second kappa shape index (κ2) is 18.3. The Balaban J connectivity index is 0.000000431. The summed E-state index contributed by atoms with van der Waals surface area (Å²) in [5.74, 6) is 5.25. The Kier molecular flexibility index (Phi) is 14.7. The van der Waals surface area contributed by atoms with Crippen LogP contribution in [0.5, 0.6) is 5.75 Å². The highest BCUT2D eigenvalue weighted by molar-refractivity contribution is 5.90. The smallest absolute Gasteiger partial charge is 0.339 e. The molecule has 4 aromatic carbocycles. The lowest BCUT2D eigenvalue weighted by Gasteiger charge is -2.03. The number of aromatic carboxylic acids is 1. The van der Waals surface area contributed by atoms with Crippen LogP contribution in [0.2, 0.25) is 0 Å². The molecule has 4 aromatic rings. The van der Waals surface area contributed by atoms with E-state index < -0.39 is 5.97 Å². The molecule has 0 amide bonds. The van der Waals surface area contributed by atoms with Gasteiger partial charge in [-0.15, -0.1) is 0 Å². The van der Waals surface area contributed by atoms with Gasteiger partial charge in [-0.05, 0) is 66.8 Å². The number of carbonyl (C=O) groups is 1. The highest BCUT2D eigenvalue weighted by atomic mass is 35.5. The maximum absolute atomic E-state index is 10.3. The van der Waals surface area contributed by atoms with Gasteiger partial charge in [0.2, 0.25) is 0 Å². The zero-order valence-electron chi connectivity index (χ0n) is 23.0. The number of carboxylic acid groups (broad SMARTS) is 1. The molecule has 0 radical (unpaired) electrons. The third-order valence-electron chi connectivity index (χ3n) is 6.31. The van der Waals surface area contributed by atoms with Crippen LogP contribution in [0.4, 0.5) is 0 Å². The van der Waals surface area contributed by atoms with Gasteiger partial charge >= 0.3 is 5.97 Å². The molecule has 0 aliphatic rings. The number of aromatic hydroxyl groups is 1. The average Bonchev–Trinajstić information content (AvgIpc) is 2.97. The summed E-state index contributed by atoms with van der Waals surface area (Å²) < 4.78 is 0. The summed E-state index contributed by atoms with van der Waals surface area (Å²) in [5, 5.41) is 19.7. The van der Waals surface area contributed by atoms with Crippen molar-refractivity contribution >= 4 is 5.97 Å². The Hall–Kier alpha value is -4.04. The van der Waals surface area contributed by atoms with E-state index in [0.29, 0.717) is 0 Å². The number of unbranched alkanes of at least 4 members (excludes halogenated alkanes) is 1. The van der Waals surface area contributed by atoms with Crippen molar-refractivity contribution in [2.24, 2.45) is 0 Å². The van der Waals surface area contributed by atoms with Crippen molar-refractivity contribution in [3.8, 4) is 17.6 Å². The van der Waals surface area contributed by atoms with Crippen LogP contribution in [-0.2, 0) is 19.4 Å². The highest BCUT2D eigenvalue weighted by Gasteiger charge is 2.05. The van der Waals surface area contributed by atoms with Crippen molar-refractivity contribution < 1.29 is 32.7 Å². The molecule has 0 aliphatic heterocycles. The van der Waals surface area contributed by atoms with Crippen molar-refractivity contribution in [2.75, 3.05) is 6.54 Å². The van der Waals surface area contributed by atoms with Crippen LogP contribution in [-0.4, -0.2) is 22.7 Å². The average molecular weight is 556 g/mol. The predicted molar refractivity (Wildman–Crippen MR) is 158 cm³/mol. The van der Waals surface area contributed by atoms with Crippen molar-refractivity contribution in [3.05, 3.63) is 137 Å². The van der Waals surface area contributed by atoms with Crippen molar-refractivity contribution in [3.63, 3.8) is 0 Å². The fourth-order valence-electron chi connectivity index (χ4n) is 4.02. The number of aryl methyl sites for hydroxylation is 2. The van der Waals surface area contributed by atoms with Crippen molar-refractivity contribution in [1.82, 2.24) is 0 Å². The van der Waals surface area contributed by atoms with E-state index in [9.17, 15) is 4.79 Å². The fourth-order valence-corrected chi connectivity index (χ4v) is 4.02. The number of benzene rings is 4. The molecule has 0 fully saturated rings. The predicted octanol–water partition coefficient (Wildman–Crippen LogP) is 3.22. The topological polar surface area (TPSA) is 74.1 Å². The number of hydrogen-bond donors (Lipinski definition) is 3. The number of rotatable bonds is 10. The van der Waals surface area contributed by atoms with Gasteiger partial charge in [-0.25, -0.2) is 4.79 Å². The minimum Gasteiger partial charge on any atom is -1.00 e. The monoisotopic (exact) mass is 555 g/mol. The van der Waals surface area contributed by atoms with Gasteiger partial charge in [0.25, 0.3) is 0 Å². The minimum atomic E-state index is -1.11. The molecular formula is C35H38ClNO3. The van der Waals surface area contributed by atoms with Gasteiger partial charge in [-0.1, -0.05) is 91.9 Å². The second-order valence-corrected chi connectivity index (χ2v) is 9.44. The largest absolute Gasteiger partial charge is 1.00 e. The molecule has 4 rings (SSSR count). The van der Waals surface area contributed by atoms with Crippen molar-refractivity contribution in [2.45, 2.75) is 45.6 Å². The lowest BCUT2D eigenvalue weighted by molar-refractivity contribution is -0.670. The zero-order chi connectivity index (χ0) is 27.7. The van der Waals surface area contributed by atoms with Crippen LogP contribution in [0.15, 0.2) is 103 Å². The Bertz CT molecular complexity index is 1340. The van der Waals surface area contributed by atoms with E-state index in [4.69, 9.17) is 10.2 Å². The van der Waals surface area contributed by atoms with Gasteiger partial charge in [-0.3, -0.25) is 0 Å². The summed E-state index contributed by atoms with van der Waals surface area (Å²) in [6, 6.07) is 33.9. The van der Waals surface area contributed by atoms with E-state index in [1.54, 1.807) is 12.1 Å². The molecule has 40 heavy (non-hydrogen) atoms. The summed E-state index contributed by atoms with van der Waals surface area (Å²) in [7, 11) is 0. The molecule has 0 aromatic heterocycles. The summed E-state index contributed by atoms with van der Waals surface area (Å²) in [6.07, 6.45) is 6.02. The molecule has 0 spiro atoms. The Morgan fingerprint density at radius 3 is 1.77 bits per heavy atom. The molecule has 0 aliphatic carbocycles.